The number of para-hydroxylation sites is 1. The highest BCUT2D eigenvalue weighted by Gasteiger charge is 2.22. The Kier molecular flexibility index (Phi) is 5.59. The van der Waals surface area contributed by atoms with Gasteiger partial charge in [0, 0.05) is 48.2 Å². The Bertz CT molecular complexity index is 1280. The second-order valence-corrected chi connectivity index (χ2v) is 7.77. The molecule has 0 atom stereocenters. The molecule has 0 radical (unpaired) electrons. The lowest BCUT2D eigenvalue weighted by atomic mass is 10.1. The van der Waals surface area contributed by atoms with Gasteiger partial charge >= 0.3 is 6.03 Å². The van der Waals surface area contributed by atoms with Gasteiger partial charge in [-0.3, -0.25) is 9.69 Å². The van der Waals surface area contributed by atoms with Crippen LogP contribution in [0.5, 0.6) is 0 Å². The van der Waals surface area contributed by atoms with Crippen molar-refractivity contribution in [3.63, 3.8) is 0 Å². The molecule has 1 aliphatic rings. The standard InChI is InChI=1S/C26H23N5O2/c32-25(20-10-7-13-23(16-20)30-15-14-27-26(30)33)28-17-21-18-31(22-11-5-2-6-12-22)29-24(21)19-8-3-1-4-9-19/h1-13,16,18H,14-15,17H2,(H,27,33)(H,28,32). The Morgan fingerprint density at radius 2 is 1.67 bits per heavy atom. The predicted octanol–water partition coefficient (Wildman–Crippen LogP) is 4.00. The van der Waals surface area contributed by atoms with E-state index < -0.39 is 0 Å². The van der Waals surface area contributed by atoms with E-state index >= 15 is 0 Å². The Balaban J connectivity index is 1.38. The van der Waals surface area contributed by atoms with Gasteiger partial charge in [-0.2, -0.15) is 5.10 Å². The highest BCUT2D eigenvalue weighted by Crippen LogP contribution is 2.24. The van der Waals surface area contributed by atoms with Crippen molar-refractivity contribution in [3.05, 3.63) is 102 Å². The Labute approximate surface area is 191 Å². The van der Waals surface area contributed by atoms with Gasteiger partial charge in [0.1, 0.15) is 0 Å². The summed E-state index contributed by atoms with van der Waals surface area (Å²) < 4.78 is 1.83. The minimum absolute atomic E-state index is 0.145. The third-order valence-corrected chi connectivity index (χ3v) is 5.57. The molecule has 7 nitrogen and oxygen atoms in total. The number of carbonyl (C=O) groups is 2. The van der Waals surface area contributed by atoms with Crippen LogP contribution in [0.1, 0.15) is 15.9 Å². The summed E-state index contributed by atoms with van der Waals surface area (Å²) in [6, 6.07) is 26.8. The van der Waals surface area contributed by atoms with Crippen molar-refractivity contribution >= 4 is 17.6 Å². The van der Waals surface area contributed by atoms with Crippen LogP contribution < -0.4 is 15.5 Å². The van der Waals surface area contributed by atoms with Crippen molar-refractivity contribution in [2.75, 3.05) is 18.0 Å². The van der Waals surface area contributed by atoms with Crippen molar-refractivity contribution in [2.24, 2.45) is 0 Å². The van der Waals surface area contributed by atoms with Crippen molar-refractivity contribution in [3.8, 4) is 16.9 Å². The lowest BCUT2D eigenvalue weighted by Crippen LogP contribution is -2.28. The van der Waals surface area contributed by atoms with Crippen LogP contribution in [0.25, 0.3) is 16.9 Å². The van der Waals surface area contributed by atoms with E-state index in [9.17, 15) is 9.59 Å². The van der Waals surface area contributed by atoms with Crippen LogP contribution in [-0.2, 0) is 6.54 Å². The molecule has 4 aromatic rings. The molecule has 7 heteroatoms. The summed E-state index contributed by atoms with van der Waals surface area (Å²) in [5.41, 5.74) is 4.88. The van der Waals surface area contributed by atoms with Crippen molar-refractivity contribution < 1.29 is 9.59 Å². The van der Waals surface area contributed by atoms with E-state index in [0.717, 1.165) is 22.5 Å². The molecule has 1 fully saturated rings. The van der Waals surface area contributed by atoms with E-state index in [-0.39, 0.29) is 11.9 Å². The van der Waals surface area contributed by atoms with Gasteiger partial charge in [0.2, 0.25) is 0 Å². The SMILES string of the molecule is O=C(NCc1cn(-c2ccccc2)nc1-c1ccccc1)c1cccc(N2CCNC2=O)c1. The number of benzene rings is 3. The molecule has 2 heterocycles. The van der Waals surface area contributed by atoms with E-state index in [4.69, 9.17) is 5.10 Å². The maximum Gasteiger partial charge on any atom is 0.321 e. The number of urea groups is 1. The maximum atomic E-state index is 12.9. The molecule has 1 aliphatic heterocycles. The molecule has 0 spiro atoms. The first kappa shape index (κ1) is 20.5. The number of nitrogens with one attached hydrogen (secondary N) is 2. The van der Waals surface area contributed by atoms with Crippen molar-refractivity contribution in [1.29, 1.82) is 0 Å². The quantitative estimate of drug-likeness (QED) is 0.479. The number of anilines is 1. The zero-order chi connectivity index (χ0) is 22.6. The summed E-state index contributed by atoms with van der Waals surface area (Å²) in [7, 11) is 0. The second-order valence-electron chi connectivity index (χ2n) is 7.77. The molecule has 3 amide bonds. The van der Waals surface area contributed by atoms with Gasteiger partial charge in [-0.15, -0.1) is 0 Å². The first-order valence-corrected chi connectivity index (χ1v) is 10.8. The molecule has 2 N–H and O–H groups in total. The summed E-state index contributed by atoms with van der Waals surface area (Å²) in [4.78, 5) is 26.5. The number of carbonyl (C=O) groups excluding carboxylic acids is 2. The molecule has 1 aromatic heterocycles. The van der Waals surface area contributed by atoms with Gasteiger partial charge < -0.3 is 10.6 Å². The summed E-state index contributed by atoms with van der Waals surface area (Å²) in [5.74, 6) is -0.206. The zero-order valence-corrected chi connectivity index (χ0v) is 17.9. The Hall–Kier alpha value is -4.39. The minimum atomic E-state index is -0.206. The molecular formula is C26H23N5O2. The van der Waals surface area contributed by atoms with Gasteiger partial charge in [0.25, 0.3) is 5.91 Å². The van der Waals surface area contributed by atoms with E-state index in [0.29, 0.717) is 30.9 Å². The molecule has 164 valence electrons. The topological polar surface area (TPSA) is 79.3 Å². The lowest BCUT2D eigenvalue weighted by molar-refractivity contribution is 0.0951. The molecule has 0 aliphatic carbocycles. The van der Waals surface area contributed by atoms with Gasteiger partial charge in [0.05, 0.1) is 11.4 Å². The van der Waals surface area contributed by atoms with Gasteiger partial charge in [-0.1, -0.05) is 54.6 Å². The first-order valence-electron chi connectivity index (χ1n) is 10.8. The smallest absolute Gasteiger partial charge is 0.321 e. The third kappa shape index (κ3) is 4.34. The average Bonchev–Trinajstić information content (AvgIpc) is 3.50. The summed E-state index contributed by atoms with van der Waals surface area (Å²) >= 11 is 0. The van der Waals surface area contributed by atoms with E-state index in [1.54, 1.807) is 23.1 Å². The molecule has 0 bridgehead atoms. The normalized spacial score (nSPS) is 13.1. The fourth-order valence-corrected chi connectivity index (χ4v) is 3.90. The highest BCUT2D eigenvalue weighted by molar-refractivity contribution is 5.98. The van der Waals surface area contributed by atoms with E-state index in [1.165, 1.54) is 0 Å². The number of hydrogen-bond acceptors (Lipinski definition) is 3. The van der Waals surface area contributed by atoms with Gasteiger partial charge in [0.15, 0.2) is 0 Å². The van der Waals surface area contributed by atoms with Gasteiger partial charge in [-0.05, 0) is 30.3 Å². The molecule has 3 aromatic carbocycles. The summed E-state index contributed by atoms with van der Waals surface area (Å²) in [5, 5.41) is 10.6. The van der Waals surface area contributed by atoms with E-state index in [1.807, 2.05) is 77.6 Å². The van der Waals surface area contributed by atoms with Crippen LogP contribution >= 0.6 is 0 Å². The minimum Gasteiger partial charge on any atom is -0.348 e. The zero-order valence-electron chi connectivity index (χ0n) is 17.9. The van der Waals surface area contributed by atoms with Crippen molar-refractivity contribution in [1.82, 2.24) is 20.4 Å². The predicted molar refractivity (Wildman–Crippen MR) is 127 cm³/mol. The highest BCUT2D eigenvalue weighted by atomic mass is 16.2. The largest absolute Gasteiger partial charge is 0.348 e. The number of rotatable bonds is 6. The van der Waals surface area contributed by atoms with Crippen LogP contribution in [0.2, 0.25) is 0 Å². The Morgan fingerprint density at radius 3 is 2.39 bits per heavy atom. The Morgan fingerprint density at radius 1 is 0.939 bits per heavy atom. The molecule has 1 saturated heterocycles. The molecular weight excluding hydrogens is 414 g/mol. The first-order chi connectivity index (χ1) is 16.2. The summed E-state index contributed by atoms with van der Waals surface area (Å²) in [6.07, 6.45) is 1.95. The average molecular weight is 438 g/mol. The second kappa shape index (κ2) is 9.00. The van der Waals surface area contributed by atoms with E-state index in [2.05, 4.69) is 10.6 Å². The van der Waals surface area contributed by atoms with Crippen LogP contribution in [0, 0.1) is 0 Å². The fraction of sp³-hybridized carbons (Fsp3) is 0.115. The number of hydrogen-bond donors (Lipinski definition) is 2. The molecule has 33 heavy (non-hydrogen) atoms. The number of amides is 3. The number of nitrogens with zero attached hydrogens (tertiary/aromatic N) is 3. The molecule has 0 unspecified atom stereocenters. The molecule has 5 rings (SSSR count). The monoisotopic (exact) mass is 437 g/mol. The van der Waals surface area contributed by atoms with Crippen molar-refractivity contribution in [2.45, 2.75) is 6.54 Å². The number of aromatic nitrogens is 2. The van der Waals surface area contributed by atoms with Crippen LogP contribution in [0.3, 0.4) is 0 Å². The third-order valence-electron chi connectivity index (χ3n) is 5.57. The molecule has 0 saturated carbocycles. The maximum absolute atomic E-state index is 12.9. The van der Waals surface area contributed by atoms with Crippen LogP contribution in [0.15, 0.2) is 91.1 Å². The van der Waals surface area contributed by atoms with Crippen LogP contribution in [-0.4, -0.2) is 34.8 Å². The fourth-order valence-electron chi connectivity index (χ4n) is 3.90. The lowest BCUT2D eigenvalue weighted by Gasteiger charge is -2.15. The van der Waals surface area contributed by atoms with Crippen LogP contribution in [0.4, 0.5) is 10.5 Å². The van der Waals surface area contributed by atoms with Gasteiger partial charge in [-0.25, -0.2) is 9.48 Å². The summed E-state index contributed by atoms with van der Waals surface area (Å²) in [6.45, 7) is 1.51.